The molecule has 0 aliphatic heterocycles. The van der Waals surface area contributed by atoms with E-state index in [0.717, 1.165) is 10.6 Å². The number of benzene rings is 2. The van der Waals surface area contributed by atoms with Gasteiger partial charge in [-0.15, -0.1) is 0 Å². The van der Waals surface area contributed by atoms with Crippen LogP contribution in [0, 0.1) is 5.82 Å². The molecule has 0 bridgehead atoms. The topological polar surface area (TPSA) is 115 Å². The van der Waals surface area contributed by atoms with Crippen molar-refractivity contribution in [1.29, 1.82) is 0 Å². The van der Waals surface area contributed by atoms with Gasteiger partial charge in [-0.25, -0.2) is 17.6 Å². The van der Waals surface area contributed by atoms with Gasteiger partial charge in [-0.1, -0.05) is 0 Å². The number of amides is 1. The molecule has 0 aliphatic rings. The number of nitrogens with one attached hydrogen (secondary N) is 1. The van der Waals surface area contributed by atoms with Crippen LogP contribution in [0.5, 0.6) is 5.75 Å². The second-order valence-corrected chi connectivity index (χ2v) is 10.8. The van der Waals surface area contributed by atoms with Gasteiger partial charge < -0.3 is 19.2 Å². The molecule has 1 amide bonds. The van der Waals surface area contributed by atoms with Gasteiger partial charge in [-0.2, -0.15) is 0 Å². The predicted molar refractivity (Wildman–Crippen MR) is 130 cm³/mol. The maximum Gasteiger partial charge on any atom is 0.344 e. The minimum Gasteiger partial charge on any atom is -0.480 e. The molecule has 0 saturated carbocycles. The summed E-state index contributed by atoms with van der Waals surface area (Å²) in [5.41, 5.74) is 0.127. The first kappa shape index (κ1) is 26.0. The average molecular weight is 507 g/mol. The fourth-order valence-electron chi connectivity index (χ4n) is 3.32. The Labute approximate surface area is 202 Å². The molecule has 0 aliphatic carbocycles. The number of hydrogen-bond donors (Lipinski definition) is 1. The van der Waals surface area contributed by atoms with Crippen LogP contribution in [-0.4, -0.2) is 52.9 Å². The van der Waals surface area contributed by atoms with Crippen LogP contribution in [0.2, 0.25) is 0 Å². The fourth-order valence-corrected chi connectivity index (χ4v) is 3.82. The molecule has 1 heterocycles. The van der Waals surface area contributed by atoms with Crippen molar-refractivity contribution in [2.24, 2.45) is 0 Å². The van der Waals surface area contributed by atoms with E-state index in [2.05, 4.69) is 5.32 Å². The van der Waals surface area contributed by atoms with E-state index < -0.39 is 39.9 Å². The van der Waals surface area contributed by atoms with Crippen molar-refractivity contribution in [3.8, 4) is 17.1 Å². The first-order valence-electron chi connectivity index (χ1n) is 10.6. The van der Waals surface area contributed by atoms with Gasteiger partial charge in [-0.05, 0) is 51.1 Å². The van der Waals surface area contributed by atoms with E-state index in [1.54, 1.807) is 20.8 Å². The summed E-state index contributed by atoms with van der Waals surface area (Å²) in [6, 6.07) is 8.22. The molecule has 3 aromatic rings. The van der Waals surface area contributed by atoms with E-state index in [1.165, 1.54) is 50.5 Å². The molecule has 35 heavy (non-hydrogen) atoms. The molecule has 1 N–H and O–H groups in total. The van der Waals surface area contributed by atoms with Crippen molar-refractivity contribution in [3.63, 3.8) is 0 Å². The number of rotatable bonds is 7. The standard InChI is InChI=1S/C24H27FN2O7S/c1-24(2,3)34-20(28)13-32-19-11-16-18(12-17(19)27(5)35(6,30)31)33-22(21(16)23(29)26-4)14-7-9-15(25)10-8-14/h7-12H,13H2,1-6H3,(H,26,29). The monoisotopic (exact) mass is 506 g/mol. The first-order chi connectivity index (χ1) is 16.2. The highest BCUT2D eigenvalue weighted by atomic mass is 32.2. The van der Waals surface area contributed by atoms with Crippen LogP contribution in [0.1, 0.15) is 31.1 Å². The van der Waals surface area contributed by atoms with E-state index in [9.17, 15) is 22.4 Å². The van der Waals surface area contributed by atoms with E-state index in [1.807, 2.05) is 0 Å². The lowest BCUT2D eigenvalue weighted by Gasteiger charge is -2.22. The van der Waals surface area contributed by atoms with Gasteiger partial charge in [0.2, 0.25) is 10.0 Å². The van der Waals surface area contributed by atoms with E-state index in [0.29, 0.717) is 10.9 Å². The lowest BCUT2D eigenvalue weighted by molar-refractivity contribution is -0.157. The summed E-state index contributed by atoms with van der Waals surface area (Å²) in [6.45, 7) is 4.62. The Kier molecular flexibility index (Phi) is 7.11. The third kappa shape index (κ3) is 5.91. The van der Waals surface area contributed by atoms with Crippen molar-refractivity contribution in [1.82, 2.24) is 5.32 Å². The average Bonchev–Trinajstić information content (AvgIpc) is 3.13. The molecular weight excluding hydrogens is 479 g/mol. The fraction of sp³-hybridized carbons (Fsp3) is 0.333. The highest BCUT2D eigenvalue weighted by Gasteiger charge is 2.26. The van der Waals surface area contributed by atoms with Gasteiger partial charge >= 0.3 is 5.97 Å². The number of esters is 1. The summed E-state index contributed by atoms with van der Waals surface area (Å²) in [6.07, 6.45) is 1.01. The molecule has 0 saturated heterocycles. The Morgan fingerprint density at radius 2 is 1.77 bits per heavy atom. The van der Waals surface area contributed by atoms with Gasteiger partial charge in [-0.3, -0.25) is 9.10 Å². The number of sulfonamides is 1. The molecule has 0 radical (unpaired) electrons. The molecule has 0 unspecified atom stereocenters. The Balaban J connectivity index is 2.20. The summed E-state index contributed by atoms with van der Waals surface area (Å²) in [7, 11) is -0.956. The zero-order valence-corrected chi connectivity index (χ0v) is 21.1. The van der Waals surface area contributed by atoms with Crippen molar-refractivity contribution in [2.45, 2.75) is 26.4 Å². The first-order valence-corrected chi connectivity index (χ1v) is 12.4. The highest BCUT2D eigenvalue weighted by Crippen LogP contribution is 2.40. The van der Waals surface area contributed by atoms with Crippen LogP contribution >= 0.6 is 0 Å². The van der Waals surface area contributed by atoms with Crippen LogP contribution < -0.4 is 14.4 Å². The molecule has 0 spiro atoms. The Morgan fingerprint density at radius 1 is 1.14 bits per heavy atom. The smallest absolute Gasteiger partial charge is 0.344 e. The molecule has 0 fully saturated rings. The lowest BCUT2D eigenvalue weighted by atomic mass is 10.0. The van der Waals surface area contributed by atoms with Crippen LogP contribution in [0.15, 0.2) is 40.8 Å². The van der Waals surface area contributed by atoms with Gasteiger partial charge in [0.05, 0.1) is 17.5 Å². The Morgan fingerprint density at radius 3 is 2.31 bits per heavy atom. The molecule has 188 valence electrons. The van der Waals surface area contributed by atoms with Crippen molar-refractivity contribution < 1.29 is 36.3 Å². The number of carbonyl (C=O) groups excluding carboxylic acids is 2. The van der Waals surface area contributed by atoms with Gasteiger partial charge in [0, 0.05) is 31.1 Å². The van der Waals surface area contributed by atoms with Gasteiger partial charge in [0.1, 0.15) is 28.5 Å². The number of nitrogens with zero attached hydrogens (tertiary/aromatic N) is 1. The van der Waals surface area contributed by atoms with E-state index >= 15 is 0 Å². The molecule has 1 aromatic heterocycles. The lowest BCUT2D eigenvalue weighted by Crippen LogP contribution is -2.28. The minimum absolute atomic E-state index is 0.0212. The molecule has 9 nitrogen and oxygen atoms in total. The van der Waals surface area contributed by atoms with E-state index in [4.69, 9.17) is 13.9 Å². The Bertz CT molecular complexity index is 1370. The third-order valence-corrected chi connectivity index (χ3v) is 6.12. The quantitative estimate of drug-likeness (QED) is 0.486. The van der Waals surface area contributed by atoms with Gasteiger partial charge in [0.15, 0.2) is 6.61 Å². The third-order valence-electron chi connectivity index (χ3n) is 4.93. The number of halogens is 1. The number of anilines is 1. The van der Waals surface area contributed by atoms with Crippen LogP contribution in [-0.2, 0) is 19.6 Å². The largest absolute Gasteiger partial charge is 0.480 e. The summed E-state index contributed by atoms with van der Waals surface area (Å²) in [4.78, 5) is 25.0. The summed E-state index contributed by atoms with van der Waals surface area (Å²) in [5, 5.41) is 2.86. The molecule has 0 atom stereocenters. The summed E-state index contributed by atoms with van der Waals surface area (Å²) in [5.74, 6) is -1.41. The summed E-state index contributed by atoms with van der Waals surface area (Å²) < 4.78 is 55.8. The number of furan rings is 1. The SMILES string of the molecule is CNC(=O)c1c(-c2ccc(F)cc2)oc2cc(N(C)S(C)(=O)=O)c(OCC(=O)OC(C)(C)C)cc12. The maximum absolute atomic E-state index is 13.5. The molecule has 3 rings (SSSR count). The normalized spacial score (nSPS) is 11.9. The predicted octanol–water partition coefficient (Wildman–Crippen LogP) is 3.71. The maximum atomic E-state index is 13.5. The van der Waals surface area contributed by atoms with Crippen LogP contribution in [0.3, 0.4) is 0 Å². The number of fused-ring (bicyclic) bond motifs is 1. The number of hydrogen-bond acceptors (Lipinski definition) is 7. The minimum atomic E-state index is -3.72. The number of ether oxygens (including phenoxy) is 2. The zero-order valence-electron chi connectivity index (χ0n) is 20.3. The van der Waals surface area contributed by atoms with E-state index in [-0.39, 0.29) is 28.3 Å². The van der Waals surface area contributed by atoms with Crippen molar-refractivity contribution in [2.75, 3.05) is 31.3 Å². The molecular formula is C24H27FN2O7S. The number of carbonyl (C=O) groups is 2. The highest BCUT2D eigenvalue weighted by molar-refractivity contribution is 7.92. The second-order valence-electron chi connectivity index (χ2n) is 8.81. The second kappa shape index (κ2) is 9.57. The van der Waals surface area contributed by atoms with Crippen LogP contribution in [0.25, 0.3) is 22.3 Å². The van der Waals surface area contributed by atoms with Gasteiger partial charge in [0.25, 0.3) is 5.91 Å². The molecule has 11 heteroatoms. The van der Waals surface area contributed by atoms with Crippen LogP contribution in [0.4, 0.5) is 10.1 Å². The summed E-state index contributed by atoms with van der Waals surface area (Å²) >= 11 is 0. The Hall–Kier alpha value is -3.60. The zero-order chi connectivity index (χ0) is 26.1. The molecule has 2 aromatic carbocycles. The van der Waals surface area contributed by atoms with Crippen molar-refractivity contribution in [3.05, 3.63) is 47.8 Å². The van der Waals surface area contributed by atoms with Crippen molar-refractivity contribution >= 4 is 38.6 Å².